The van der Waals surface area contributed by atoms with Crippen LogP contribution in [0, 0.1) is 6.92 Å². The SMILES string of the molecule is Cc1cnccc1CNC(=O)CSCC(=O)O. The van der Waals surface area contributed by atoms with Crippen LogP contribution < -0.4 is 5.32 Å². The summed E-state index contributed by atoms with van der Waals surface area (Å²) >= 11 is 1.08. The molecule has 2 N–H and O–H groups in total. The first kappa shape index (κ1) is 13.5. The Morgan fingerprint density at radius 3 is 2.88 bits per heavy atom. The number of nitrogens with zero attached hydrogens (tertiary/aromatic N) is 1. The van der Waals surface area contributed by atoms with Gasteiger partial charge in [0, 0.05) is 18.9 Å². The fourth-order valence-electron chi connectivity index (χ4n) is 1.18. The molecule has 0 fully saturated rings. The van der Waals surface area contributed by atoms with E-state index < -0.39 is 5.97 Å². The molecule has 0 atom stereocenters. The molecule has 0 saturated carbocycles. The van der Waals surface area contributed by atoms with Crippen LogP contribution in [0.25, 0.3) is 0 Å². The number of carboxylic acid groups (broad SMARTS) is 1. The van der Waals surface area contributed by atoms with Gasteiger partial charge in [-0.05, 0) is 24.1 Å². The van der Waals surface area contributed by atoms with E-state index in [9.17, 15) is 9.59 Å². The van der Waals surface area contributed by atoms with Gasteiger partial charge in [0.1, 0.15) is 0 Å². The second kappa shape index (κ2) is 6.90. The smallest absolute Gasteiger partial charge is 0.313 e. The summed E-state index contributed by atoms with van der Waals surface area (Å²) < 4.78 is 0. The van der Waals surface area contributed by atoms with E-state index in [1.54, 1.807) is 12.4 Å². The van der Waals surface area contributed by atoms with Crippen molar-refractivity contribution in [2.45, 2.75) is 13.5 Å². The van der Waals surface area contributed by atoms with Gasteiger partial charge in [0.15, 0.2) is 0 Å². The quantitative estimate of drug-likeness (QED) is 0.786. The molecule has 17 heavy (non-hydrogen) atoms. The molecule has 0 bridgehead atoms. The lowest BCUT2D eigenvalue weighted by Crippen LogP contribution is -2.25. The number of hydrogen-bond acceptors (Lipinski definition) is 4. The fourth-order valence-corrected chi connectivity index (χ4v) is 1.74. The van der Waals surface area contributed by atoms with Gasteiger partial charge in [-0.1, -0.05) is 0 Å². The number of rotatable bonds is 6. The van der Waals surface area contributed by atoms with Gasteiger partial charge in [0.05, 0.1) is 11.5 Å². The average molecular weight is 254 g/mol. The molecular weight excluding hydrogens is 240 g/mol. The van der Waals surface area contributed by atoms with Gasteiger partial charge >= 0.3 is 5.97 Å². The first-order chi connectivity index (χ1) is 8.09. The minimum Gasteiger partial charge on any atom is -0.481 e. The lowest BCUT2D eigenvalue weighted by atomic mass is 10.1. The standard InChI is InChI=1S/C11H14N2O3S/c1-8-4-12-3-2-9(8)5-13-10(14)6-17-7-11(15)16/h2-4H,5-7H2,1H3,(H,13,14)(H,15,16). The molecule has 0 aliphatic heterocycles. The lowest BCUT2D eigenvalue weighted by molar-refractivity contribution is -0.133. The van der Waals surface area contributed by atoms with Crippen molar-refractivity contribution in [2.75, 3.05) is 11.5 Å². The third-order valence-electron chi connectivity index (χ3n) is 2.07. The molecule has 92 valence electrons. The maximum atomic E-state index is 11.4. The van der Waals surface area contributed by atoms with E-state index in [1.165, 1.54) is 0 Å². The average Bonchev–Trinajstić information content (AvgIpc) is 2.27. The number of hydrogen-bond donors (Lipinski definition) is 2. The molecule has 0 aromatic carbocycles. The Bertz CT molecular complexity index is 409. The molecule has 0 aliphatic carbocycles. The molecule has 1 aromatic rings. The van der Waals surface area contributed by atoms with Crippen LogP contribution in [0.5, 0.6) is 0 Å². The maximum absolute atomic E-state index is 11.4. The number of carboxylic acids is 1. The number of aromatic nitrogens is 1. The molecule has 1 aromatic heterocycles. The predicted molar refractivity (Wildman–Crippen MR) is 65.8 cm³/mol. The Labute approximate surface area is 104 Å². The topological polar surface area (TPSA) is 79.3 Å². The largest absolute Gasteiger partial charge is 0.481 e. The Morgan fingerprint density at radius 1 is 1.47 bits per heavy atom. The Hall–Kier alpha value is -1.56. The normalized spacial score (nSPS) is 9.94. The monoisotopic (exact) mass is 254 g/mol. The minimum atomic E-state index is -0.909. The number of carbonyl (C=O) groups excluding carboxylic acids is 1. The van der Waals surface area contributed by atoms with Crippen LogP contribution in [-0.4, -0.2) is 33.5 Å². The summed E-state index contributed by atoms with van der Waals surface area (Å²) in [5, 5.41) is 11.1. The van der Waals surface area contributed by atoms with Gasteiger partial charge in [0.25, 0.3) is 0 Å². The molecule has 0 spiro atoms. The van der Waals surface area contributed by atoms with Crippen LogP contribution in [-0.2, 0) is 16.1 Å². The highest BCUT2D eigenvalue weighted by molar-refractivity contribution is 8.00. The second-order valence-corrected chi connectivity index (χ2v) is 4.45. The van der Waals surface area contributed by atoms with Gasteiger partial charge in [-0.15, -0.1) is 11.8 Å². The van der Waals surface area contributed by atoms with Crippen LogP contribution in [0.1, 0.15) is 11.1 Å². The summed E-state index contributed by atoms with van der Waals surface area (Å²) in [7, 11) is 0. The van der Waals surface area contributed by atoms with Crippen molar-refractivity contribution in [1.82, 2.24) is 10.3 Å². The number of amides is 1. The van der Waals surface area contributed by atoms with Crippen LogP contribution in [0.15, 0.2) is 18.5 Å². The third-order valence-corrected chi connectivity index (χ3v) is 2.99. The molecule has 6 heteroatoms. The van der Waals surface area contributed by atoms with Crippen LogP contribution in [0.2, 0.25) is 0 Å². The van der Waals surface area contributed by atoms with E-state index in [0.29, 0.717) is 6.54 Å². The number of aryl methyl sites for hydroxylation is 1. The Balaban J connectivity index is 2.29. The highest BCUT2D eigenvalue weighted by Crippen LogP contribution is 2.04. The molecule has 0 saturated heterocycles. The Morgan fingerprint density at radius 2 is 2.24 bits per heavy atom. The molecule has 1 amide bonds. The molecule has 5 nitrogen and oxygen atoms in total. The number of thioether (sulfide) groups is 1. The molecule has 0 radical (unpaired) electrons. The number of nitrogens with one attached hydrogen (secondary N) is 1. The van der Waals surface area contributed by atoms with Crippen molar-refractivity contribution >= 4 is 23.6 Å². The molecule has 1 rings (SSSR count). The zero-order valence-electron chi connectivity index (χ0n) is 9.47. The second-order valence-electron chi connectivity index (χ2n) is 3.47. The predicted octanol–water partition coefficient (Wildman–Crippen LogP) is 0.824. The zero-order chi connectivity index (χ0) is 12.7. The van der Waals surface area contributed by atoms with Crippen molar-refractivity contribution in [3.63, 3.8) is 0 Å². The molecule has 0 unspecified atom stereocenters. The van der Waals surface area contributed by atoms with Crippen molar-refractivity contribution in [2.24, 2.45) is 0 Å². The van der Waals surface area contributed by atoms with Crippen molar-refractivity contribution < 1.29 is 14.7 Å². The van der Waals surface area contributed by atoms with E-state index in [4.69, 9.17) is 5.11 Å². The molecule has 0 aliphatic rings. The summed E-state index contributed by atoms with van der Waals surface area (Å²) in [6.45, 7) is 2.37. The first-order valence-corrected chi connectivity index (χ1v) is 6.21. The van der Waals surface area contributed by atoms with E-state index >= 15 is 0 Å². The molecular formula is C11H14N2O3S. The number of carbonyl (C=O) groups is 2. The van der Waals surface area contributed by atoms with Crippen LogP contribution in [0.4, 0.5) is 0 Å². The van der Waals surface area contributed by atoms with Crippen LogP contribution >= 0.6 is 11.8 Å². The maximum Gasteiger partial charge on any atom is 0.313 e. The molecule has 1 heterocycles. The summed E-state index contributed by atoms with van der Waals surface area (Å²) in [6.07, 6.45) is 3.41. The van der Waals surface area contributed by atoms with Crippen molar-refractivity contribution in [3.05, 3.63) is 29.6 Å². The fraction of sp³-hybridized carbons (Fsp3) is 0.364. The van der Waals surface area contributed by atoms with Gasteiger partial charge in [-0.25, -0.2) is 0 Å². The van der Waals surface area contributed by atoms with Gasteiger partial charge in [-0.2, -0.15) is 0 Å². The minimum absolute atomic E-state index is 0.0539. The highest BCUT2D eigenvalue weighted by atomic mass is 32.2. The summed E-state index contributed by atoms with van der Waals surface area (Å²) in [5.41, 5.74) is 2.03. The van der Waals surface area contributed by atoms with Crippen molar-refractivity contribution in [1.29, 1.82) is 0 Å². The zero-order valence-corrected chi connectivity index (χ0v) is 10.3. The van der Waals surface area contributed by atoms with Crippen LogP contribution in [0.3, 0.4) is 0 Å². The van der Waals surface area contributed by atoms with E-state index in [0.717, 1.165) is 22.9 Å². The van der Waals surface area contributed by atoms with Gasteiger partial charge in [0.2, 0.25) is 5.91 Å². The van der Waals surface area contributed by atoms with Gasteiger partial charge < -0.3 is 10.4 Å². The van der Waals surface area contributed by atoms with E-state index in [-0.39, 0.29) is 17.4 Å². The third kappa shape index (κ3) is 5.35. The first-order valence-electron chi connectivity index (χ1n) is 5.05. The highest BCUT2D eigenvalue weighted by Gasteiger charge is 2.04. The van der Waals surface area contributed by atoms with E-state index in [1.807, 2.05) is 13.0 Å². The number of pyridine rings is 1. The van der Waals surface area contributed by atoms with Gasteiger partial charge in [-0.3, -0.25) is 14.6 Å². The number of aliphatic carboxylic acids is 1. The van der Waals surface area contributed by atoms with Crippen molar-refractivity contribution in [3.8, 4) is 0 Å². The summed E-state index contributed by atoms with van der Waals surface area (Å²) in [6, 6.07) is 1.85. The Kier molecular flexibility index (Phi) is 5.48. The summed E-state index contributed by atoms with van der Waals surface area (Å²) in [5.74, 6) is -0.960. The lowest BCUT2D eigenvalue weighted by Gasteiger charge is -2.06. The van der Waals surface area contributed by atoms with E-state index in [2.05, 4.69) is 10.3 Å². The summed E-state index contributed by atoms with van der Waals surface area (Å²) in [4.78, 5) is 25.6.